The minimum absolute atomic E-state index is 0.209. The third kappa shape index (κ3) is 1.68. The van der Waals surface area contributed by atoms with E-state index >= 15 is 0 Å². The molecular weight excluding hydrogens is 196 g/mol. The van der Waals surface area contributed by atoms with Crippen LogP contribution in [0, 0.1) is 0 Å². The lowest BCUT2D eigenvalue weighted by atomic mass is 9.95. The number of hydrogen-bond donors (Lipinski definition) is 1. The zero-order valence-electron chi connectivity index (χ0n) is 8.34. The fraction of sp³-hybridized carbons (Fsp3) is 0.364. The van der Waals surface area contributed by atoms with Gasteiger partial charge in [-0.15, -0.1) is 0 Å². The van der Waals surface area contributed by atoms with Crippen LogP contribution in [-0.4, -0.2) is 30.9 Å². The number of aliphatic hydroxyl groups is 1. The van der Waals surface area contributed by atoms with Gasteiger partial charge in [0, 0.05) is 5.56 Å². The number of ether oxygens (including phenoxy) is 2. The Bertz CT molecular complexity index is 375. The molecule has 1 aromatic rings. The number of para-hydroxylation sites is 1. The Balaban J connectivity index is 2.33. The van der Waals surface area contributed by atoms with Crippen molar-refractivity contribution in [3.63, 3.8) is 0 Å². The van der Waals surface area contributed by atoms with E-state index < -0.39 is 12.1 Å². The largest absolute Gasteiger partial charge is 0.496 e. The van der Waals surface area contributed by atoms with Crippen LogP contribution in [0.2, 0.25) is 0 Å². The van der Waals surface area contributed by atoms with Crippen molar-refractivity contribution >= 4 is 5.97 Å². The maximum Gasteiger partial charge on any atom is 0.335 e. The minimum Gasteiger partial charge on any atom is -0.496 e. The number of hydrogen-bond acceptors (Lipinski definition) is 4. The Morgan fingerprint density at radius 3 is 2.80 bits per heavy atom. The maximum absolute atomic E-state index is 11.0. The van der Waals surface area contributed by atoms with Gasteiger partial charge >= 0.3 is 5.97 Å². The molecule has 0 bridgehead atoms. The lowest BCUT2D eigenvalue weighted by molar-refractivity contribution is -0.144. The van der Waals surface area contributed by atoms with Crippen molar-refractivity contribution in [3.8, 4) is 5.75 Å². The van der Waals surface area contributed by atoms with Crippen molar-refractivity contribution in [2.24, 2.45) is 0 Å². The number of aliphatic hydroxyl groups excluding tert-OH is 1. The topological polar surface area (TPSA) is 55.8 Å². The van der Waals surface area contributed by atoms with Crippen LogP contribution in [0.1, 0.15) is 11.5 Å². The van der Waals surface area contributed by atoms with E-state index in [-0.39, 0.29) is 12.5 Å². The van der Waals surface area contributed by atoms with Gasteiger partial charge < -0.3 is 14.6 Å². The van der Waals surface area contributed by atoms with Gasteiger partial charge in [0.15, 0.2) is 6.10 Å². The van der Waals surface area contributed by atoms with Crippen LogP contribution in [0.3, 0.4) is 0 Å². The molecule has 4 nitrogen and oxygen atoms in total. The van der Waals surface area contributed by atoms with Crippen LogP contribution in [0.5, 0.6) is 5.75 Å². The molecule has 4 heteroatoms. The molecule has 1 aliphatic heterocycles. The molecule has 0 radical (unpaired) electrons. The molecule has 15 heavy (non-hydrogen) atoms. The maximum atomic E-state index is 11.0. The number of carbonyl (C=O) groups excluding carboxylic acids is 1. The number of rotatable bonds is 2. The van der Waals surface area contributed by atoms with Gasteiger partial charge in [0.2, 0.25) is 0 Å². The van der Waals surface area contributed by atoms with E-state index in [4.69, 9.17) is 9.47 Å². The number of methoxy groups -OCH3 is 1. The molecule has 80 valence electrons. The molecule has 1 saturated heterocycles. The number of esters is 1. The van der Waals surface area contributed by atoms with E-state index in [1.165, 1.54) is 0 Å². The van der Waals surface area contributed by atoms with E-state index in [1.54, 1.807) is 13.2 Å². The normalized spacial score (nSPS) is 25.1. The summed E-state index contributed by atoms with van der Waals surface area (Å²) in [6.07, 6.45) is -1.08. The lowest BCUT2D eigenvalue weighted by Crippen LogP contribution is -2.20. The van der Waals surface area contributed by atoms with Gasteiger partial charge in [0.1, 0.15) is 12.4 Å². The second-order valence-corrected chi connectivity index (χ2v) is 3.42. The molecule has 2 unspecified atom stereocenters. The average molecular weight is 208 g/mol. The van der Waals surface area contributed by atoms with E-state index in [0.29, 0.717) is 5.75 Å². The molecule has 0 spiro atoms. The quantitative estimate of drug-likeness (QED) is 0.727. The van der Waals surface area contributed by atoms with Crippen LogP contribution < -0.4 is 4.74 Å². The second kappa shape index (κ2) is 3.90. The number of carbonyl (C=O) groups is 1. The molecule has 2 rings (SSSR count). The Morgan fingerprint density at radius 1 is 1.47 bits per heavy atom. The smallest absolute Gasteiger partial charge is 0.335 e. The highest BCUT2D eigenvalue weighted by atomic mass is 16.6. The first kappa shape index (κ1) is 9.98. The third-order valence-corrected chi connectivity index (χ3v) is 2.57. The Hall–Kier alpha value is -1.55. The monoisotopic (exact) mass is 208 g/mol. The summed E-state index contributed by atoms with van der Waals surface area (Å²) in [5.41, 5.74) is 0.804. The van der Waals surface area contributed by atoms with Gasteiger partial charge in [-0.3, -0.25) is 0 Å². The van der Waals surface area contributed by atoms with Crippen LogP contribution in [0.25, 0.3) is 0 Å². The van der Waals surface area contributed by atoms with Crippen molar-refractivity contribution in [2.75, 3.05) is 13.7 Å². The molecule has 0 aliphatic carbocycles. The highest BCUT2D eigenvalue weighted by molar-refractivity contribution is 5.78. The van der Waals surface area contributed by atoms with Crippen LogP contribution in [0.4, 0.5) is 0 Å². The predicted molar refractivity (Wildman–Crippen MR) is 52.7 cm³/mol. The van der Waals surface area contributed by atoms with E-state index in [9.17, 15) is 9.90 Å². The summed E-state index contributed by atoms with van der Waals surface area (Å²) in [4.78, 5) is 11.0. The zero-order valence-corrected chi connectivity index (χ0v) is 8.34. The molecule has 1 aliphatic rings. The Morgan fingerprint density at radius 2 is 2.20 bits per heavy atom. The van der Waals surface area contributed by atoms with Crippen molar-refractivity contribution in [1.82, 2.24) is 0 Å². The summed E-state index contributed by atoms with van der Waals surface area (Å²) < 4.78 is 9.95. The van der Waals surface area contributed by atoms with E-state index in [2.05, 4.69) is 0 Å². The first-order valence-corrected chi connectivity index (χ1v) is 4.71. The summed E-state index contributed by atoms with van der Waals surface area (Å²) in [6, 6.07) is 7.30. The lowest BCUT2D eigenvalue weighted by Gasteiger charge is -2.14. The van der Waals surface area contributed by atoms with Crippen LogP contribution in [-0.2, 0) is 9.53 Å². The first-order chi connectivity index (χ1) is 7.24. The average Bonchev–Trinajstić information content (AvgIpc) is 2.60. The van der Waals surface area contributed by atoms with Gasteiger partial charge in [-0.25, -0.2) is 4.79 Å². The standard InChI is InChI=1S/C11H12O4/c1-14-9-5-3-2-4-7(9)8-6-15-11(13)10(8)12/h2-5,8,10,12H,6H2,1H3. The van der Waals surface area contributed by atoms with Crippen molar-refractivity contribution in [2.45, 2.75) is 12.0 Å². The molecule has 0 amide bonds. The Labute approximate surface area is 87.4 Å². The SMILES string of the molecule is COc1ccccc1C1COC(=O)C1O. The van der Waals surface area contributed by atoms with Crippen molar-refractivity contribution in [1.29, 1.82) is 0 Å². The number of benzene rings is 1. The molecule has 2 atom stereocenters. The second-order valence-electron chi connectivity index (χ2n) is 3.42. The summed E-state index contributed by atoms with van der Waals surface area (Å²) in [5, 5.41) is 9.60. The first-order valence-electron chi connectivity index (χ1n) is 4.71. The third-order valence-electron chi connectivity index (χ3n) is 2.57. The predicted octanol–water partition coefficient (Wildman–Crippen LogP) is 0.696. The van der Waals surface area contributed by atoms with Gasteiger partial charge in [0.05, 0.1) is 13.0 Å². The highest BCUT2D eigenvalue weighted by Gasteiger charge is 2.37. The van der Waals surface area contributed by atoms with Crippen molar-refractivity contribution < 1.29 is 19.4 Å². The summed E-state index contributed by atoms with van der Waals surface area (Å²) >= 11 is 0. The molecular formula is C11H12O4. The highest BCUT2D eigenvalue weighted by Crippen LogP contribution is 2.32. The van der Waals surface area contributed by atoms with E-state index in [0.717, 1.165) is 5.56 Å². The van der Waals surface area contributed by atoms with Gasteiger partial charge in [-0.2, -0.15) is 0 Å². The minimum atomic E-state index is -1.08. The van der Waals surface area contributed by atoms with E-state index in [1.807, 2.05) is 18.2 Å². The van der Waals surface area contributed by atoms with Gasteiger partial charge in [-0.1, -0.05) is 18.2 Å². The van der Waals surface area contributed by atoms with Crippen LogP contribution >= 0.6 is 0 Å². The van der Waals surface area contributed by atoms with Crippen LogP contribution in [0.15, 0.2) is 24.3 Å². The van der Waals surface area contributed by atoms with Gasteiger partial charge in [-0.05, 0) is 6.07 Å². The Kier molecular flexibility index (Phi) is 2.60. The molecule has 1 N–H and O–H groups in total. The molecule has 1 aromatic carbocycles. The van der Waals surface area contributed by atoms with Crippen molar-refractivity contribution in [3.05, 3.63) is 29.8 Å². The van der Waals surface area contributed by atoms with Gasteiger partial charge in [0.25, 0.3) is 0 Å². The number of cyclic esters (lactones) is 1. The fourth-order valence-electron chi connectivity index (χ4n) is 1.75. The summed E-state index contributed by atoms with van der Waals surface area (Å²) in [6.45, 7) is 0.209. The summed E-state index contributed by atoms with van der Waals surface area (Å²) in [7, 11) is 1.56. The molecule has 1 heterocycles. The molecule has 1 fully saturated rings. The zero-order chi connectivity index (χ0) is 10.8. The molecule has 0 saturated carbocycles. The molecule has 0 aromatic heterocycles. The fourth-order valence-corrected chi connectivity index (χ4v) is 1.75. The summed E-state index contributed by atoms with van der Waals surface area (Å²) in [5.74, 6) is -0.223.